The van der Waals surface area contributed by atoms with Crippen molar-refractivity contribution in [2.45, 2.75) is 0 Å². The van der Waals surface area contributed by atoms with Crippen LogP contribution < -0.4 is 15.4 Å². The molecule has 0 bridgehead atoms. The van der Waals surface area contributed by atoms with Crippen molar-refractivity contribution in [3.05, 3.63) is 55.4 Å². The Hall–Kier alpha value is -3.26. The van der Waals surface area contributed by atoms with Gasteiger partial charge in [0.05, 0.1) is 5.39 Å². The standard InChI is InChI=1S/C18H16N4O3S/c1-2-8-19-18(24)22-15(23)10-25-16-13-9-14(12-6-4-3-5-7-12)26-17(13)21-11-20-16/h2-7,9,11H,1,8,10H2,(H2,19,22,23,24). The van der Waals surface area contributed by atoms with E-state index in [2.05, 4.69) is 27.2 Å². The number of imide groups is 1. The summed E-state index contributed by atoms with van der Waals surface area (Å²) in [5.74, 6) is -0.271. The number of rotatable bonds is 6. The summed E-state index contributed by atoms with van der Waals surface area (Å²) < 4.78 is 5.48. The number of nitrogens with zero attached hydrogens (tertiary/aromatic N) is 2. The first-order chi connectivity index (χ1) is 12.7. The summed E-state index contributed by atoms with van der Waals surface area (Å²) in [7, 11) is 0. The van der Waals surface area contributed by atoms with Crippen molar-refractivity contribution in [1.29, 1.82) is 0 Å². The smallest absolute Gasteiger partial charge is 0.321 e. The molecule has 3 rings (SSSR count). The Kier molecular flexibility index (Phi) is 5.55. The number of carbonyl (C=O) groups excluding carboxylic acids is 2. The van der Waals surface area contributed by atoms with Crippen LogP contribution in [0.1, 0.15) is 0 Å². The number of carbonyl (C=O) groups is 2. The van der Waals surface area contributed by atoms with Crippen molar-refractivity contribution in [2.75, 3.05) is 13.2 Å². The summed E-state index contributed by atoms with van der Waals surface area (Å²) in [6.07, 6.45) is 2.90. The normalized spacial score (nSPS) is 10.3. The van der Waals surface area contributed by atoms with Gasteiger partial charge in [-0.3, -0.25) is 10.1 Å². The summed E-state index contributed by atoms with van der Waals surface area (Å²) in [6, 6.07) is 11.2. The molecule has 2 N–H and O–H groups in total. The van der Waals surface area contributed by atoms with Crippen LogP contribution in [0.3, 0.4) is 0 Å². The van der Waals surface area contributed by atoms with Crippen LogP contribution in [-0.4, -0.2) is 35.1 Å². The van der Waals surface area contributed by atoms with E-state index in [9.17, 15) is 9.59 Å². The number of nitrogens with one attached hydrogen (secondary N) is 2. The Labute approximate surface area is 153 Å². The molecule has 2 aromatic heterocycles. The Morgan fingerprint density at radius 1 is 1.23 bits per heavy atom. The minimum absolute atomic E-state index is 0.268. The first kappa shape index (κ1) is 17.6. The van der Waals surface area contributed by atoms with Gasteiger partial charge in [0.15, 0.2) is 6.61 Å². The molecule has 0 radical (unpaired) electrons. The second-order valence-corrected chi connectivity index (χ2v) is 6.24. The summed E-state index contributed by atoms with van der Waals surface area (Å²) >= 11 is 1.51. The molecule has 0 atom stereocenters. The van der Waals surface area contributed by atoms with Crippen LogP contribution in [-0.2, 0) is 4.79 Å². The molecule has 2 heterocycles. The molecule has 0 aliphatic carbocycles. The van der Waals surface area contributed by atoms with Crippen LogP contribution >= 0.6 is 11.3 Å². The van der Waals surface area contributed by atoms with Crippen LogP contribution in [0.15, 0.2) is 55.4 Å². The van der Waals surface area contributed by atoms with E-state index in [1.807, 2.05) is 36.4 Å². The highest BCUT2D eigenvalue weighted by Crippen LogP contribution is 2.35. The Morgan fingerprint density at radius 2 is 2.04 bits per heavy atom. The molecule has 3 aromatic rings. The lowest BCUT2D eigenvalue weighted by Gasteiger charge is -2.06. The third kappa shape index (κ3) is 4.22. The van der Waals surface area contributed by atoms with E-state index in [-0.39, 0.29) is 13.2 Å². The van der Waals surface area contributed by atoms with E-state index in [1.165, 1.54) is 23.7 Å². The van der Waals surface area contributed by atoms with Crippen molar-refractivity contribution >= 4 is 33.5 Å². The molecular weight excluding hydrogens is 352 g/mol. The van der Waals surface area contributed by atoms with E-state index in [1.54, 1.807) is 0 Å². The van der Waals surface area contributed by atoms with Crippen molar-refractivity contribution in [3.63, 3.8) is 0 Å². The highest BCUT2D eigenvalue weighted by molar-refractivity contribution is 7.21. The summed E-state index contributed by atoms with van der Waals surface area (Å²) in [5.41, 5.74) is 1.07. The zero-order valence-corrected chi connectivity index (χ0v) is 14.6. The van der Waals surface area contributed by atoms with Gasteiger partial charge < -0.3 is 10.1 Å². The monoisotopic (exact) mass is 368 g/mol. The van der Waals surface area contributed by atoms with Gasteiger partial charge in [-0.1, -0.05) is 36.4 Å². The lowest BCUT2D eigenvalue weighted by atomic mass is 10.2. The van der Waals surface area contributed by atoms with Crippen LogP contribution in [0.4, 0.5) is 4.79 Å². The number of urea groups is 1. The fourth-order valence-corrected chi connectivity index (χ4v) is 3.19. The predicted molar refractivity (Wildman–Crippen MR) is 100 cm³/mol. The maximum atomic E-state index is 11.8. The largest absolute Gasteiger partial charge is 0.467 e. The van der Waals surface area contributed by atoms with Gasteiger partial charge in [0.1, 0.15) is 11.2 Å². The molecule has 0 aliphatic rings. The van der Waals surface area contributed by atoms with Gasteiger partial charge in [-0.25, -0.2) is 14.8 Å². The fraction of sp³-hybridized carbons (Fsp3) is 0.111. The topological polar surface area (TPSA) is 93.2 Å². The SMILES string of the molecule is C=CCNC(=O)NC(=O)COc1ncnc2sc(-c3ccccc3)cc12. The Morgan fingerprint density at radius 3 is 2.81 bits per heavy atom. The average Bonchev–Trinajstić information content (AvgIpc) is 3.10. The second kappa shape index (κ2) is 8.21. The number of ether oxygens (including phenoxy) is 1. The number of fused-ring (bicyclic) bond motifs is 1. The number of thiophene rings is 1. The van der Waals surface area contributed by atoms with Crippen LogP contribution in [0, 0.1) is 0 Å². The minimum Gasteiger partial charge on any atom is -0.467 e. The predicted octanol–water partition coefficient (Wildman–Crippen LogP) is 2.75. The van der Waals surface area contributed by atoms with E-state index >= 15 is 0 Å². The quantitative estimate of drug-likeness (QED) is 0.653. The summed E-state index contributed by atoms with van der Waals surface area (Å²) in [4.78, 5) is 33.3. The van der Waals surface area contributed by atoms with Gasteiger partial charge in [-0.2, -0.15) is 0 Å². The highest BCUT2D eigenvalue weighted by atomic mass is 32.1. The molecular formula is C18H16N4O3S. The molecule has 26 heavy (non-hydrogen) atoms. The van der Waals surface area contributed by atoms with Crippen molar-refractivity contribution < 1.29 is 14.3 Å². The number of amides is 3. The van der Waals surface area contributed by atoms with Gasteiger partial charge in [0, 0.05) is 11.4 Å². The molecule has 3 amide bonds. The van der Waals surface area contributed by atoms with Gasteiger partial charge in [0.2, 0.25) is 5.88 Å². The molecule has 0 spiro atoms. The third-order valence-electron chi connectivity index (χ3n) is 3.35. The number of benzene rings is 1. The van der Waals surface area contributed by atoms with Crippen LogP contribution in [0.5, 0.6) is 5.88 Å². The van der Waals surface area contributed by atoms with E-state index < -0.39 is 11.9 Å². The first-order valence-corrected chi connectivity index (χ1v) is 8.60. The number of aromatic nitrogens is 2. The second-order valence-electron chi connectivity index (χ2n) is 5.21. The van der Waals surface area contributed by atoms with Crippen molar-refractivity contribution in [2.24, 2.45) is 0 Å². The zero-order chi connectivity index (χ0) is 18.4. The fourth-order valence-electron chi connectivity index (χ4n) is 2.20. The van der Waals surface area contributed by atoms with Crippen molar-refractivity contribution in [3.8, 4) is 16.3 Å². The van der Waals surface area contributed by atoms with Crippen LogP contribution in [0.25, 0.3) is 20.7 Å². The molecule has 0 fully saturated rings. The summed E-state index contributed by atoms with van der Waals surface area (Å²) in [5, 5.41) is 5.33. The average molecular weight is 368 g/mol. The molecule has 8 heteroatoms. The number of hydrogen-bond donors (Lipinski definition) is 2. The molecule has 132 valence electrons. The van der Waals surface area contributed by atoms with Crippen molar-refractivity contribution in [1.82, 2.24) is 20.6 Å². The lowest BCUT2D eigenvalue weighted by Crippen LogP contribution is -2.41. The first-order valence-electron chi connectivity index (χ1n) is 7.78. The number of hydrogen-bond acceptors (Lipinski definition) is 6. The Bertz CT molecular complexity index is 940. The van der Waals surface area contributed by atoms with Gasteiger partial charge in [0.25, 0.3) is 5.91 Å². The molecule has 7 nitrogen and oxygen atoms in total. The zero-order valence-electron chi connectivity index (χ0n) is 13.8. The minimum atomic E-state index is -0.603. The van der Waals surface area contributed by atoms with E-state index in [0.29, 0.717) is 5.88 Å². The van der Waals surface area contributed by atoms with E-state index in [0.717, 1.165) is 20.7 Å². The van der Waals surface area contributed by atoms with Crippen LogP contribution in [0.2, 0.25) is 0 Å². The molecule has 1 aromatic carbocycles. The molecule has 0 unspecified atom stereocenters. The Balaban J connectivity index is 1.70. The highest BCUT2D eigenvalue weighted by Gasteiger charge is 2.13. The van der Waals surface area contributed by atoms with E-state index in [4.69, 9.17) is 4.74 Å². The maximum Gasteiger partial charge on any atom is 0.321 e. The maximum absolute atomic E-state index is 11.8. The lowest BCUT2D eigenvalue weighted by molar-refractivity contribution is -0.122. The van der Waals surface area contributed by atoms with Gasteiger partial charge in [-0.05, 0) is 11.6 Å². The summed E-state index contributed by atoms with van der Waals surface area (Å²) in [6.45, 7) is 3.41. The molecule has 0 aliphatic heterocycles. The molecule has 0 saturated carbocycles. The van der Waals surface area contributed by atoms with Gasteiger partial charge in [-0.15, -0.1) is 17.9 Å². The molecule has 0 saturated heterocycles. The van der Waals surface area contributed by atoms with Gasteiger partial charge >= 0.3 is 6.03 Å². The third-order valence-corrected chi connectivity index (χ3v) is 4.44.